The first-order chi connectivity index (χ1) is 25.6. The van der Waals surface area contributed by atoms with Gasteiger partial charge < -0.3 is 24.4 Å². The van der Waals surface area contributed by atoms with E-state index in [9.17, 15) is 14.3 Å². The number of nitrogens with zero attached hydrogens (tertiary/aromatic N) is 7. The molecule has 1 N–H and O–H groups in total. The summed E-state index contributed by atoms with van der Waals surface area (Å²) >= 11 is 0. The van der Waals surface area contributed by atoms with Gasteiger partial charge in [-0.05, 0) is 62.1 Å². The molecule has 4 aliphatic rings. The van der Waals surface area contributed by atoms with Gasteiger partial charge in [0.05, 0.1) is 32.4 Å². The summed E-state index contributed by atoms with van der Waals surface area (Å²) < 4.78 is 58.2. The number of carbonyl (C=O) groups excluding carboxylic acids is 1. The first-order valence-electron chi connectivity index (χ1n) is 17.9. The second-order valence-electron chi connectivity index (χ2n) is 14.5. The maximum atomic E-state index is 17.2. The summed E-state index contributed by atoms with van der Waals surface area (Å²) in [6.07, 6.45) is 9.36. The lowest BCUT2D eigenvalue weighted by molar-refractivity contribution is 0.107. The number of pyridine rings is 1. The summed E-state index contributed by atoms with van der Waals surface area (Å²) in [5.41, 5.74) is -0.608. The fourth-order valence-electron chi connectivity index (χ4n) is 8.29. The van der Waals surface area contributed by atoms with Crippen LogP contribution in [0.25, 0.3) is 37.8 Å². The zero-order valence-corrected chi connectivity index (χ0v) is 29.5. The maximum Gasteiger partial charge on any atom is 0.600 e. The normalized spacial score (nSPS) is 21.0. The number of phenolic OH excluding ortho intramolecular Hbond substituents is 1. The smallest absolute Gasteiger partial charge is 0.508 e. The largest absolute Gasteiger partial charge is 0.600 e. The number of hydrogen-bond donors (Lipinski definition) is 1. The molecule has 14 heteroatoms. The predicted molar refractivity (Wildman–Crippen MR) is 193 cm³/mol. The summed E-state index contributed by atoms with van der Waals surface area (Å²) in [4.78, 5) is 36.9. The summed E-state index contributed by atoms with van der Waals surface area (Å²) in [6.45, 7) is 4.76. The number of amides is 2. The quantitative estimate of drug-likeness (QED) is 0.203. The average Bonchev–Trinajstić information content (AvgIpc) is 3.86. The molecule has 3 aliphatic heterocycles. The van der Waals surface area contributed by atoms with Gasteiger partial charge in [-0.1, -0.05) is 12.0 Å². The number of halogens is 3. The van der Waals surface area contributed by atoms with Crippen molar-refractivity contribution in [2.45, 2.75) is 63.7 Å². The topological polar surface area (TPSA) is 109 Å². The van der Waals surface area contributed by atoms with Crippen molar-refractivity contribution in [1.82, 2.24) is 24.8 Å². The Hall–Kier alpha value is -5.34. The van der Waals surface area contributed by atoms with Gasteiger partial charge in [0.2, 0.25) is 5.88 Å². The van der Waals surface area contributed by atoms with Crippen LogP contribution in [0.2, 0.25) is 0 Å². The van der Waals surface area contributed by atoms with Crippen LogP contribution >= 0.6 is 0 Å². The second kappa shape index (κ2) is 13.6. The third-order valence-corrected chi connectivity index (χ3v) is 11.1. The number of aromatic nitrogens is 3. The van der Waals surface area contributed by atoms with Crippen LogP contribution in [0.5, 0.6) is 17.6 Å². The number of benzene rings is 2. The zero-order valence-electron chi connectivity index (χ0n) is 29.5. The van der Waals surface area contributed by atoms with Crippen LogP contribution in [0.1, 0.15) is 51.0 Å². The van der Waals surface area contributed by atoms with Gasteiger partial charge in [-0.2, -0.15) is 14.8 Å². The maximum absolute atomic E-state index is 17.2. The van der Waals surface area contributed by atoms with Gasteiger partial charge in [0.1, 0.15) is 52.2 Å². The van der Waals surface area contributed by atoms with E-state index in [0.717, 1.165) is 32.2 Å². The third kappa shape index (κ3) is 6.29. The third-order valence-electron chi connectivity index (χ3n) is 11.1. The Morgan fingerprint density at radius 1 is 1.08 bits per heavy atom. The Balaban J connectivity index is 1.24. The monoisotopic (exact) mass is 726 g/mol. The minimum atomic E-state index is -0.867. The van der Waals surface area contributed by atoms with Crippen molar-refractivity contribution < 1.29 is 32.5 Å². The van der Waals surface area contributed by atoms with Crippen LogP contribution in [0, 0.1) is 35.5 Å². The first kappa shape index (κ1) is 34.7. The summed E-state index contributed by atoms with van der Waals surface area (Å²) in [7, 11) is 1.40. The number of piperazine rings is 1. The molecular weight excluding hydrogens is 687 g/mol. The Morgan fingerprint density at radius 2 is 1.81 bits per heavy atom. The Morgan fingerprint density at radius 3 is 2.47 bits per heavy atom. The van der Waals surface area contributed by atoms with Crippen molar-refractivity contribution in [1.29, 1.82) is 0 Å². The molecule has 3 saturated heterocycles. The molecule has 1 aliphatic carbocycles. The van der Waals surface area contributed by atoms with Crippen molar-refractivity contribution in [3.63, 3.8) is 0 Å². The van der Waals surface area contributed by atoms with E-state index >= 15 is 8.78 Å². The number of phenols is 1. The fourth-order valence-corrected chi connectivity index (χ4v) is 8.29. The van der Waals surface area contributed by atoms with E-state index < -0.39 is 17.8 Å². The highest BCUT2D eigenvalue weighted by atomic mass is 19.1. The van der Waals surface area contributed by atoms with Gasteiger partial charge in [-0.15, -0.1) is 11.3 Å². The highest BCUT2D eigenvalue weighted by Gasteiger charge is 2.51. The highest BCUT2D eigenvalue weighted by Crippen LogP contribution is 2.48. The highest BCUT2D eigenvalue weighted by molar-refractivity contribution is 6.04. The SMILES string of the molecule is C#Cc1c(F)ccc2cc(O)cc(-c3nc(OC)c4c(N5CC6CCC(C5)N6C(=O)[N+]#CC)nc(OCC5(CN6CCC(F)CC6)CC5)nc4c3F)c12. The summed E-state index contributed by atoms with van der Waals surface area (Å²) in [5, 5.41) is 11.5. The Bertz CT molecular complexity index is 2230. The number of terminal acetylenes is 1. The molecule has 5 heterocycles. The van der Waals surface area contributed by atoms with E-state index in [1.54, 1.807) is 11.8 Å². The number of rotatable bonds is 8. The summed E-state index contributed by atoms with van der Waals surface area (Å²) in [6, 6.07) is 7.18. The average molecular weight is 727 g/mol. The molecule has 2 amide bonds. The number of carbonyl (C=O) groups is 1. The fraction of sp³-hybridized carbons (Fsp3) is 0.462. The number of fused-ring (bicyclic) bond motifs is 4. The number of urea groups is 1. The van der Waals surface area contributed by atoms with Crippen LogP contribution in [0.4, 0.5) is 23.8 Å². The molecular formula is C39H39F3N7O4+. The standard InChI is InChI=1S/C39H38F3N7O4/c1-4-27-29(41)9-6-22-16-26(50)17-28(30(22)27)33-32(42)34-31(36(44-33)52-3)35(48-18-24-7-8-25(19-48)49(24)38(51)43-5-2)46-37(45-34)53-21-39(12-13-39)20-47-14-10-23(40)11-15-47/h1,6,9,16-17,23-25H,7-8,10-15,18-21H2,2-3H3/p+1. The van der Waals surface area contributed by atoms with E-state index in [0.29, 0.717) is 50.2 Å². The Labute approximate surface area is 304 Å². The predicted octanol–water partition coefficient (Wildman–Crippen LogP) is 6.54. The molecule has 8 rings (SSSR count). The Kier molecular flexibility index (Phi) is 8.89. The van der Waals surface area contributed by atoms with Gasteiger partial charge in [-0.3, -0.25) is 0 Å². The number of anilines is 1. The molecule has 0 radical (unpaired) electrons. The number of hydrogen-bond acceptors (Lipinski definition) is 9. The van der Waals surface area contributed by atoms with E-state index in [2.05, 4.69) is 31.7 Å². The lowest BCUT2D eigenvalue weighted by atomic mass is 9.95. The van der Waals surface area contributed by atoms with Crippen molar-refractivity contribution in [3.05, 3.63) is 46.3 Å². The number of ether oxygens (including phenoxy) is 2. The first-order valence-corrected chi connectivity index (χ1v) is 17.9. The molecule has 11 nitrogen and oxygen atoms in total. The summed E-state index contributed by atoms with van der Waals surface area (Å²) in [5.74, 6) is 0.947. The lowest BCUT2D eigenvalue weighted by Crippen LogP contribution is -2.55. The van der Waals surface area contributed by atoms with Gasteiger partial charge >= 0.3 is 12.0 Å². The molecule has 1 saturated carbocycles. The number of alkyl halides is 1. The van der Waals surface area contributed by atoms with E-state index in [1.807, 2.05) is 4.90 Å². The molecule has 4 aromatic rings. The van der Waals surface area contributed by atoms with Gasteiger partial charge in [-0.25, -0.2) is 23.1 Å². The van der Waals surface area contributed by atoms with E-state index in [1.165, 1.54) is 31.4 Å². The molecule has 2 bridgehead atoms. The molecule has 2 aromatic heterocycles. The van der Waals surface area contributed by atoms with Gasteiger partial charge in [0.15, 0.2) is 11.9 Å². The van der Waals surface area contributed by atoms with Crippen molar-refractivity contribution in [3.8, 4) is 47.3 Å². The van der Waals surface area contributed by atoms with Crippen molar-refractivity contribution >= 4 is 33.5 Å². The van der Waals surface area contributed by atoms with Crippen LogP contribution in [-0.2, 0) is 0 Å². The lowest BCUT2D eigenvalue weighted by Gasteiger charge is -2.36. The number of likely N-dealkylation sites (tertiary alicyclic amines) is 1. The minimum Gasteiger partial charge on any atom is -0.508 e. The van der Waals surface area contributed by atoms with Crippen molar-refractivity contribution in [2.75, 3.05) is 51.3 Å². The molecule has 4 fully saturated rings. The van der Waals surface area contributed by atoms with Crippen LogP contribution in [0.3, 0.4) is 0 Å². The van der Waals surface area contributed by atoms with Crippen LogP contribution in [0.15, 0.2) is 24.3 Å². The number of piperidine rings is 1. The van der Waals surface area contributed by atoms with Gasteiger partial charge in [0, 0.05) is 42.9 Å². The molecule has 0 spiro atoms. The van der Waals surface area contributed by atoms with Crippen LogP contribution < -0.4 is 14.4 Å². The minimum absolute atomic E-state index is 0.000863. The van der Waals surface area contributed by atoms with Gasteiger partial charge in [0.25, 0.3) is 0 Å². The van der Waals surface area contributed by atoms with Crippen LogP contribution in [-0.4, -0.2) is 101 Å². The van der Waals surface area contributed by atoms with Crippen molar-refractivity contribution in [2.24, 2.45) is 5.41 Å². The van der Waals surface area contributed by atoms with E-state index in [-0.39, 0.29) is 80.9 Å². The number of methoxy groups -OCH3 is 1. The number of aromatic hydroxyl groups is 1. The molecule has 274 valence electrons. The second-order valence-corrected chi connectivity index (χ2v) is 14.5. The molecule has 53 heavy (non-hydrogen) atoms. The molecule has 2 atom stereocenters. The molecule has 2 unspecified atom stereocenters. The van der Waals surface area contributed by atoms with E-state index in [4.69, 9.17) is 20.9 Å². The zero-order chi connectivity index (χ0) is 37.0. The molecule has 2 aromatic carbocycles.